The molecule has 0 spiro atoms. The van der Waals surface area contributed by atoms with Crippen molar-refractivity contribution in [1.29, 1.82) is 0 Å². The molecule has 7 nitrogen and oxygen atoms in total. The lowest BCUT2D eigenvalue weighted by molar-refractivity contribution is 0.0356. The summed E-state index contributed by atoms with van der Waals surface area (Å²) in [5.41, 5.74) is 1.62. The number of pyridine rings is 1. The number of aromatic nitrogens is 2. The second kappa shape index (κ2) is 12.4. The third kappa shape index (κ3) is 5.82. The summed E-state index contributed by atoms with van der Waals surface area (Å²) in [4.78, 5) is 32.6. The maximum Gasteiger partial charge on any atom is 0.261 e. The second-order valence-electron chi connectivity index (χ2n) is 8.28. The molecule has 3 heterocycles. The molecule has 3 N–H and O–H groups in total. The van der Waals surface area contributed by atoms with Gasteiger partial charge in [-0.1, -0.05) is 6.07 Å². The number of halogens is 3. The Morgan fingerprint density at radius 3 is 2.38 bits per heavy atom. The smallest absolute Gasteiger partial charge is 0.261 e. The van der Waals surface area contributed by atoms with Crippen LogP contribution in [0.5, 0.6) is 0 Å². The minimum absolute atomic E-state index is 0. The summed E-state index contributed by atoms with van der Waals surface area (Å²) in [6, 6.07) is 11.0. The SMILES string of the molecule is Cc1nc2ccccn2c(=O)c1CCN1CCC(CO)(C(=O)c2ccc(F)cc2)CC1.Cl.Cl.O. The lowest BCUT2D eigenvalue weighted by Gasteiger charge is -2.39. The fraction of sp³-hybridized carbons (Fsp3) is 0.375. The predicted molar refractivity (Wildman–Crippen MR) is 134 cm³/mol. The molecule has 10 heteroatoms. The van der Waals surface area contributed by atoms with E-state index in [9.17, 15) is 19.1 Å². The van der Waals surface area contributed by atoms with Gasteiger partial charge in [-0.25, -0.2) is 9.37 Å². The fourth-order valence-corrected chi connectivity index (χ4v) is 4.36. The Morgan fingerprint density at radius 1 is 1.12 bits per heavy atom. The van der Waals surface area contributed by atoms with Crippen LogP contribution < -0.4 is 5.56 Å². The van der Waals surface area contributed by atoms with Gasteiger partial charge in [0.05, 0.1) is 12.0 Å². The lowest BCUT2D eigenvalue weighted by atomic mass is 9.73. The summed E-state index contributed by atoms with van der Waals surface area (Å²) in [6.07, 6.45) is 3.35. The summed E-state index contributed by atoms with van der Waals surface area (Å²) in [6.45, 7) is 3.61. The molecule has 1 aromatic carbocycles. The van der Waals surface area contributed by atoms with Gasteiger partial charge in [0.2, 0.25) is 0 Å². The van der Waals surface area contributed by atoms with Gasteiger partial charge in [-0.2, -0.15) is 0 Å². The molecule has 0 amide bonds. The number of hydrogen-bond donors (Lipinski definition) is 1. The Balaban J connectivity index is 0.00000193. The van der Waals surface area contributed by atoms with Crippen LogP contribution in [0.25, 0.3) is 5.65 Å². The van der Waals surface area contributed by atoms with E-state index >= 15 is 0 Å². The summed E-state index contributed by atoms with van der Waals surface area (Å²) in [7, 11) is 0. The van der Waals surface area contributed by atoms with Crippen molar-refractivity contribution < 1.29 is 19.8 Å². The van der Waals surface area contributed by atoms with Gasteiger partial charge >= 0.3 is 0 Å². The molecule has 0 unspecified atom stereocenters. The molecule has 34 heavy (non-hydrogen) atoms. The number of piperidine rings is 1. The summed E-state index contributed by atoms with van der Waals surface area (Å²) in [5, 5.41) is 10.0. The number of aliphatic hydroxyl groups excluding tert-OH is 1. The third-order valence-corrected chi connectivity index (χ3v) is 6.42. The molecule has 2 aromatic heterocycles. The first kappa shape index (κ1) is 29.7. The van der Waals surface area contributed by atoms with Gasteiger partial charge in [0.15, 0.2) is 5.78 Å². The Hall–Kier alpha value is -2.36. The monoisotopic (exact) mass is 513 g/mol. The quantitative estimate of drug-likeness (QED) is 0.510. The molecular formula is C24H30Cl2FN3O4. The number of Topliss-reactive ketones (excluding diaryl/α,β-unsaturated/α-hetero) is 1. The highest BCUT2D eigenvalue weighted by Gasteiger charge is 2.41. The van der Waals surface area contributed by atoms with Crippen molar-refractivity contribution in [3.63, 3.8) is 0 Å². The van der Waals surface area contributed by atoms with Crippen LogP contribution in [-0.2, 0) is 6.42 Å². The van der Waals surface area contributed by atoms with Crippen molar-refractivity contribution in [3.8, 4) is 0 Å². The van der Waals surface area contributed by atoms with Crippen molar-refractivity contribution >= 4 is 36.2 Å². The number of nitrogens with zero attached hydrogens (tertiary/aromatic N) is 3. The molecule has 3 aromatic rings. The second-order valence-corrected chi connectivity index (χ2v) is 8.28. The number of rotatable bonds is 6. The normalized spacial score (nSPS) is 15.0. The van der Waals surface area contributed by atoms with Crippen LogP contribution in [-0.4, -0.2) is 56.9 Å². The molecule has 0 bridgehead atoms. The number of ketones is 1. The average molecular weight is 514 g/mol. The molecule has 0 aliphatic carbocycles. The molecule has 1 saturated heterocycles. The first-order valence-electron chi connectivity index (χ1n) is 10.5. The van der Waals surface area contributed by atoms with E-state index in [1.807, 2.05) is 25.1 Å². The zero-order chi connectivity index (χ0) is 22.0. The number of carbonyl (C=O) groups is 1. The topological polar surface area (TPSA) is 106 Å². The van der Waals surface area contributed by atoms with Crippen LogP contribution in [0.15, 0.2) is 53.5 Å². The molecule has 1 aliphatic rings. The zero-order valence-corrected chi connectivity index (χ0v) is 20.5. The number of aliphatic hydroxyl groups is 1. The van der Waals surface area contributed by atoms with E-state index in [-0.39, 0.29) is 48.2 Å². The van der Waals surface area contributed by atoms with E-state index in [0.717, 1.165) is 5.69 Å². The minimum atomic E-state index is -0.839. The highest BCUT2D eigenvalue weighted by molar-refractivity contribution is 6.00. The Labute approximate surface area is 209 Å². The van der Waals surface area contributed by atoms with E-state index in [1.54, 1.807) is 10.6 Å². The predicted octanol–water partition coefficient (Wildman–Crippen LogP) is 2.66. The van der Waals surface area contributed by atoms with Gasteiger partial charge in [0.25, 0.3) is 5.56 Å². The minimum Gasteiger partial charge on any atom is -0.412 e. The van der Waals surface area contributed by atoms with E-state index in [1.165, 1.54) is 24.3 Å². The standard InChI is InChI=1S/C24H26FN3O3.2ClH.H2O/c1-17-20(23(31)28-12-3-2-4-21(28)26-17)9-13-27-14-10-24(16-29,11-15-27)22(30)18-5-7-19(25)8-6-18;;;/h2-8,12,29H,9-11,13-16H2,1H3;2*1H;1H2. The van der Waals surface area contributed by atoms with Crippen LogP contribution in [0, 0.1) is 18.2 Å². The largest absolute Gasteiger partial charge is 0.412 e. The molecule has 0 saturated carbocycles. The number of carbonyl (C=O) groups excluding carboxylic acids is 1. The van der Waals surface area contributed by atoms with Gasteiger partial charge in [-0.05, 0) is 75.7 Å². The van der Waals surface area contributed by atoms with Crippen LogP contribution in [0.3, 0.4) is 0 Å². The van der Waals surface area contributed by atoms with E-state index in [4.69, 9.17) is 0 Å². The summed E-state index contributed by atoms with van der Waals surface area (Å²) < 4.78 is 14.8. The summed E-state index contributed by atoms with van der Waals surface area (Å²) >= 11 is 0. The number of likely N-dealkylation sites (tertiary alicyclic amines) is 1. The first-order valence-corrected chi connectivity index (χ1v) is 10.5. The van der Waals surface area contributed by atoms with E-state index < -0.39 is 11.2 Å². The highest BCUT2D eigenvalue weighted by Crippen LogP contribution is 2.35. The van der Waals surface area contributed by atoms with E-state index in [0.29, 0.717) is 55.7 Å². The van der Waals surface area contributed by atoms with Gasteiger partial charge in [-0.15, -0.1) is 24.8 Å². The van der Waals surface area contributed by atoms with Gasteiger partial charge in [0, 0.05) is 29.6 Å². The van der Waals surface area contributed by atoms with Gasteiger partial charge in [0.1, 0.15) is 11.5 Å². The zero-order valence-electron chi connectivity index (χ0n) is 18.9. The fourth-order valence-electron chi connectivity index (χ4n) is 4.36. The van der Waals surface area contributed by atoms with Crippen molar-refractivity contribution in [1.82, 2.24) is 14.3 Å². The number of hydrogen-bond acceptors (Lipinski definition) is 5. The van der Waals surface area contributed by atoms with Crippen molar-refractivity contribution in [3.05, 3.63) is 81.7 Å². The maximum absolute atomic E-state index is 13.2. The van der Waals surface area contributed by atoms with Crippen molar-refractivity contribution in [2.75, 3.05) is 26.2 Å². The number of aryl methyl sites for hydroxylation is 1. The summed E-state index contributed by atoms with van der Waals surface area (Å²) in [5.74, 6) is -0.527. The van der Waals surface area contributed by atoms with Crippen molar-refractivity contribution in [2.45, 2.75) is 26.2 Å². The van der Waals surface area contributed by atoms with Crippen LogP contribution in [0.4, 0.5) is 4.39 Å². The Morgan fingerprint density at radius 2 is 1.76 bits per heavy atom. The molecule has 1 fully saturated rings. The number of fused-ring (bicyclic) bond motifs is 1. The molecule has 0 radical (unpaired) electrons. The molecule has 4 rings (SSSR count). The molecule has 0 atom stereocenters. The molecule has 1 aliphatic heterocycles. The average Bonchev–Trinajstić information content (AvgIpc) is 2.79. The number of benzene rings is 1. The maximum atomic E-state index is 13.2. The molecular weight excluding hydrogens is 484 g/mol. The van der Waals surface area contributed by atoms with Gasteiger partial charge in [-0.3, -0.25) is 14.0 Å². The van der Waals surface area contributed by atoms with Gasteiger partial charge < -0.3 is 15.5 Å². The van der Waals surface area contributed by atoms with Crippen LogP contribution in [0.2, 0.25) is 0 Å². The highest BCUT2D eigenvalue weighted by atomic mass is 35.5. The first-order chi connectivity index (χ1) is 14.9. The Kier molecular flexibility index (Phi) is 10.8. The van der Waals surface area contributed by atoms with Crippen molar-refractivity contribution in [2.24, 2.45) is 5.41 Å². The van der Waals surface area contributed by atoms with E-state index in [2.05, 4.69) is 9.88 Å². The van der Waals surface area contributed by atoms with Crippen LogP contribution >= 0.6 is 24.8 Å². The molecule has 186 valence electrons. The third-order valence-electron chi connectivity index (χ3n) is 6.42. The lowest BCUT2D eigenvalue weighted by Crippen LogP contribution is -2.47. The van der Waals surface area contributed by atoms with Crippen LogP contribution in [0.1, 0.15) is 34.5 Å². The Bertz CT molecular complexity index is 1160.